The van der Waals surface area contributed by atoms with Gasteiger partial charge in [0.15, 0.2) is 0 Å². The summed E-state index contributed by atoms with van der Waals surface area (Å²) in [6.45, 7) is 0.426. The highest BCUT2D eigenvalue weighted by Crippen LogP contribution is 2.11. The SMILES string of the molecule is NOCc1ccc2nc[nH]c2c1. The summed E-state index contributed by atoms with van der Waals surface area (Å²) in [7, 11) is 0. The smallest absolute Gasteiger partial charge is 0.0931 e. The lowest BCUT2D eigenvalue weighted by atomic mass is 10.2. The Bertz CT molecular complexity index is 382. The van der Waals surface area contributed by atoms with Gasteiger partial charge >= 0.3 is 0 Å². The van der Waals surface area contributed by atoms with Gasteiger partial charge in [0.25, 0.3) is 0 Å². The molecular formula is C8H9N3O. The van der Waals surface area contributed by atoms with Gasteiger partial charge in [0.05, 0.1) is 24.0 Å². The average molecular weight is 163 g/mol. The van der Waals surface area contributed by atoms with Gasteiger partial charge in [0.2, 0.25) is 0 Å². The Hall–Kier alpha value is -1.39. The highest BCUT2D eigenvalue weighted by atomic mass is 16.6. The van der Waals surface area contributed by atoms with Crippen molar-refractivity contribution in [3.8, 4) is 0 Å². The molecule has 0 aliphatic rings. The summed E-state index contributed by atoms with van der Waals surface area (Å²) in [5.41, 5.74) is 2.99. The van der Waals surface area contributed by atoms with Crippen LogP contribution in [0, 0.1) is 0 Å². The number of fused-ring (bicyclic) bond motifs is 1. The van der Waals surface area contributed by atoms with E-state index in [2.05, 4.69) is 14.8 Å². The van der Waals surface area contributed by atoms with E-state index in [1.807, 2.05) is 18.2 Å². The molecule has 12 heavy (non-hydrogen) atoms. The summed E-state index contributed by atoms with van der Waals surface area (Å²) in [6, 6.07) is 5.84. The molecule has 4 heteroatoms. The van der Waals surface area contributed by atoms with Gasteiger partial charge in [-0.15, -0.1) is 0 Å². The van der Waals surface area contributed by atoms with Crippen molar-refractivity contribution in [2.24, 2.45) is 5.90 Å². The molecule has 0 atom stereocenters. The number of hydrogen-bond donors (Lipinski definition) is 2. The van der Waals surface area contributed by atoms with Crippen LogP contribution in [0.25, 0.3) is 11.0 Å². The van der Waals surface area contributed by atoms with E-state index in [1.54, 1.807) is 6.33 Å². The highest BCUT2D eigenvalue weighted by molar-refractivity contribution is 5.74. The van der Waals surface area contributed by atoms with Crippen molar-refractivity contribution >= 4 is 11.0 Å². The Morgan fingerprint density at radius 2 is 2.42 bits per heavy atom. The molecule has 0 bridgehead atoms. The van der Waals surface area contributed by atoms with Crippen molar-refractivity contribution in [3.63, 3.8) is 0 Å². The van der Waals surface area contributed by atoms with Crippen LogP contribution in [-0.2, 0) is 11.4 Å². The molecule has 4 nitrogen and oxygen atoms in total. The average Bonchev–Trinajstić information content (AvgIpc) is 2.51. The number of aromatic nitrogens is 2. The van der Waals surface area contributed by atoms with Gasteiger partial charge in [0.1, 0.15) is 0 Å². The van der Waals surface area contributed by atoms with E-state index in [9.17, 15) is 0 Å². The van der Waals surface area contributed by atoms with Crippen LogP contribution in [0.3, 0.4) is 0 Å². The quantitative estimate of drug-likeness (QED) is 0.648. The van der Waals surface area contributed by atoms with Gasteiger partial charge in [-0.25, -0.2) is 10.9 Å². The van der Waals surface area contributed by atoms with Crippen LogP contribution >= 0.6 is 0 Å². The minimum absolute atomic E-state index is 0.426. The number of nitrogens with two attached hydrogens (primary N) is 1. The maximum Gasteiger partial charge on any atom is 0.0931 e. The largest absolute Gasteiger partial charge is 0.345 e. The zero-order valence-electron chi connectivity index (χ0n) is 6.45. The fraction of sp³-hybridized carbons (Fsp3) is 0.125. The lowest BCUT2D eigenvalue weighted by Crippen LogP contribution is -1.98. The van der Waals surface area contributed by atoms with Crippen molar-refractivity contribution in [2.75, 3.05) is 0 Å². The van der Waals surface area contributed by atoms with Crippen LogP contribution in [0.5, 0.6) is 0 Å². The zero-order chi connectivity index (χ0) is 8.39. The van der Waals surface area contributed by atoms with Gasteiger partial charge in [0, 0.05) is 0 Å². The maximum absolute atomic E-state index is 4.95. The number of rotatable bonds is 2. The molecule has 2 rings (SSSR count). The zero-order valence-corrected chi connectivity index (χ0v) is 6.45. The second-order valence-corrected chi connectivity index (χ2v) is 2.57. The third-order valence-corrected chi connectivity index (χ3v) is 1.73. The topological polar surface area (TPSA) is 63.9 Å². The number of aromatic amines is 1. The number of nitrogens with one attached hydrogen (secondary N) is 1. The van der Waals surface area contributed by atoms with Gasteiger partial charge in [-0.1, -0.05) is 6.07 Å². The van der Waals surface area contributed by atoms with E-state index in [0.717, 1.165) is 16.6 Å². The van der Waals surface area contributed by atoms with Crippen molar-refractivity contribution in [1.82, 2.24) is 9.97 Å². The Morgan fingerprint density at radius 3 is 3.25 bits per heavy atom. The first-order valence-corrected chi connectivity index (χ1v) is 3.64. The third kappa shape index (κ3) is 1.17. The van der Waals surface area contributed by atoms with Crippen molar-refractivity contribution < 1.29 is 4.84 Å². The fourth-order valence-electron chi connectivity index (χ4n) is 1.17. The van der Waals surface area contributed by atoms with Crippen LogP contribution in [0.1, 0.15) is 5.56 Å². The molecule has 0 saturated carbocycles. The molecule has 0 spiro atoms. The van der Waals surface area contributed by atoms with Gasteiger partial charge in [-0.3, -0.25) is 4.84 Å². The minimum Gasteiger partial charge on any atom is -0.345 e. The molecule has 0 aliphatic heterocycles. The molecule has 0 fully saturated rings. The lowest BCUT2D eigenvalue weighted by molar-refractivity contribution is 0.124. The monoisotopic (exact) mass is 163 g/mol. The first-order valence-electron chi connectivity index (χ1n) is 3.64. The van der Waals surface area contributed by atoms with E-state index in [1.165, 1.54) is 0 Å². The van der Waals surface area contributed by atoms with E-state index >= 15 is 0 Å². The van der Waals surface area contributed by atoms with E-state index < -0.39 is 0 Å². The molecular weight excluding hydrogens is 154 g/mol. The van der Waals surface area contributed by atoms with Gasteiger partial charge in [-0.05, 0) is 17.7 Å². The van der Waals surface area contributed by atoms with E-state index in [-0.39, 0.29) is 0 Å². The summed E-state index contributed by atoms with van der Waals surface area (Å²) >= 11 is 0. The van der Waals surface area contributed by atoms with Crippen LogP contribution in [0.2, 0.25) is 0 Å². The van der Waals surface area contributed by atoms with Crippen molar-refractivity contribution in [1.29, 1.82) is 0 Å². The number of imidazole rings is 1. The summed E-state index contributed by atoms with van der Waals surface area (Å²) in [6.07, 6.45) is 1.66. The van der Waals surface area contributed by atoms with Crippen LogP contribution in [0.15, 0.2) is 24.5 Å². The highest BCUT2D eigenvalue weighted by Gasteiger charge is 1.96. The predicted molar refractivity (Wildman–Crippen MR) is 45.1 cm³/mol. The third-order valence-electron chi connectivity index (χ3n) is 1.73. The molecule has 0 radical (unpaired) electrons. The Morgan fingerprint density at radius 1 is 1.50 bits per heavy atom. The van der Waals surface area contributed by atoms with Crippen LogP contribution in [0.4, 0.5) is 0 Å². The van der Waals surface area contributed by atoms with Crippen LogP contribution < -0.4 is 5.90 Å². The van der Waals surface area contributed by atoms with Crippen LogP contribution in [-0.4, -0.2) is 9.97 Å². The standard InChI is InChI=1S/C8H9N3O/c9-12-4-6-1-2-7-8(3-6)11-5-10-7/h1-3,5H,4,9H2,(H,10,11). The Kier molecular flexibility index (Phi) is 1.77. The normalized spacial score (nSPS) is 10.8. The second kappa shape index (κ2) is 2.92. The molecule has 0 unspecified atom stereocenters. The summed E-state index contributed by atoms with van der Waals surface area (Å²) in [5, 5.41) is 0. The van der Waals surface area contributed by atoms with Gasteiger partial charge < -0.3 is 4.98 Å². The number of nitrogens with zero attached hydrogens (tertiary/aromatic N) is 1. The Balaban J connectivity index is 2.46. The van der Waals surface area contributed by atoms with Crippen molar-refractivity contribution in [3.05, 3.63) is 30.1 Å². The minimum atomic E-state index is 0.426. The molecule has 3 N–H and O–H groups in total. The summed E-state index contributed by atoms with van der Waals surface area (Å²) in [4.78, 5) is 11.6. The van der Waals surface area contributed by atoms with E-state index in [4.69, 9.17) is 5.90 Å². The maximum atomic E-state index is 4.95. The van der Waals surface area contributed by atoms with Crippen molar-refractivity contribution in [2.45, 2.75) is 6.61 Å². The van der Waals surface area contributed by atoms with Gasteiger partial charge in [-0.2, -0.15) is 0 Å². The molecule has 1 aromatic heterocycles. The van der Waals surface area contributed by atoms with E-state index in [0.29, 0.717) is 6.61 Å². The second-order valence-electron chi connectivity index (χ2n) is 2.57. The number of H-pyrrole nitrogens is 1. The summed E-state index contributed by atoms with van der Waals surface area (Å²) < 4.78 is 0. The molecule has 62 valence electrons. The fourth-order valence-corrected chi connectivity index (χ4v) is 1.17. The molecule has 0 saturated heterocycles. The first kappa shape index (κ1) is 7.27. The predicted octanol–water partition coefficient (Wildman–Crippen LogP) is 0.953. The Labute approximate surface area is 69.3 Å². The molecule has 1 heterocycles. The lowest BCUT2D eigenvalue weighted by Gasteiger charge is -1.97. The first-order chi connectivity index (χ1) is 5.90. The number of benzene rings is 1. The summed E-state index contributed by atoms with van der Waals surface area (Å²) in [5.74, 6) is 4.95. The number of hydrogen-bond acceptors (Lipinski definition) is 3. The molecule has 0 aliphatic carbocycles. The molecule has 1 aromatic carbocycles. The molecule has 2 aromatic rings. The molecule has 0 amide bonds.